The number of methoxy groups -OCH3 is 2. The summed E-state index contributed by atoms with van der Waals surface area (Å²) in [6, 6.07) is 16.1. The van der Waals surface area contributed by atoms with Crippen LogP contribution in [0.5, 0.6) is 23.0 Å². The summed E-state index contributed by atoms with van der Waals surface area (Å²) in [4.78, 5) is 33.5. The molecular formula is C53H55N11O6S2. The molecule has 6 aromatic heterocycles. The number of ether oxygens (including phenoxy) is 4. The molecule has 17 nitrogen and oxygen atoms in total. The Hall–Kier alpha value is -7.19. The van der Waals surface area contributed by atoms with Crippen LogP contribution in [0.15, 0.2) is 88.6 Å². The van der Waals surface area contributed by atoms with Crippen molar-refractivity contribution in [3.63, 3.8) is 0 Å². The Labute approximate surface area is 424 Å². The molecule has 1 atom stereocenters. The van der Waals surface area contributed by atoms with E-state index in [-0.39, 0.29) is 30.6 Å². The van der Waals surface area contributed by atoms with Crippen molar-refractivity contribution < 1.29 is 28.5 Å². The Morgan fingerprint density at radius 1 is 0.708 bits per heavy atom. The van der Waals surface area contributed by atoms with Gasteiger partial charge in [-0.25, -0.2) is 9.36 Å². The van der Waals surface area contributed by atoms with Crippen LogP contribution in [-0.4, -0.2) is 120 Å². The molecule has 12 rings (SSSR count). The van der Waals surface area contributed by atoms with Crippen molar-refractivity contribution >= 4 is 34.5 Å². The van der Waals surface area contributed by atoms with Crippen LogP contribution in [0.2, 0.25) is 0 Å². The number of aryl methyl sites for hydroxylation is 2. The van der Waals surface area contributed by atoms with Crippen LogP contribution < -0.4 is 29.6 Å². The van der Waals surface area contributed by atoms with E-state index < -0.39 is 5.54 Å². The van der Waals surface area contributed by atoms with Gasteiger partial charge in [-0.1, -0.05) is 0 Å². The first-order valence-corrected chi connectivity index (χ1v) is 26.0. The minimum absolute atomic E-state index is 0.101. The van der Waals surface area contributed by atoms with Gasteiger partial charge < -0.3 is 43.9 Å². The number of carbonyl (C=O) groups is 2. The van der Waals surface area contributed by atoms with E-state index in [9.17, 15) is 4.79 Å². The summed E-state index contributed by atoms with van der Waals surface area (Å²) in [6.45, 7) is 11.1. The average Bonchev–Trinajstić information content (AvgIpc) is 4.26. The number of aromatic nitrogens is 7. The lowest BCUT2D eigenvalue weighted by atomic mass is 9.91. The van der Waals surface area contributed by atoms with Crippen LogP contribution in [-0.2, 0) is 26.8 Å². The number of fused-ring (bicyclic) bond motifs is 6. The molecule has 0 spiro atoms. The highest BCUT2D eigenvalue weighted by Gasteiger charge is 2.42. The quantitative estimate of drug-likeness (QED) is 0.130. The third kappa shape index (κ3) is 7.68. The minimum atomic E-state index is -0.557. The second kappa shape index (κ2) is 17.8. The second-order valence-electron chi connectivity index (χ2n) is 19.7. The largest absolute Gasteiger partial charge is 0.496 e. The molecule has 2 fully saturated rings. The summed E-state index contributed by atoms with van der Waals surface area (Å²) >= 11 is 3.16. The first-order valence-electron chi connectivity index (χ1n) is 24.1. The fourth-order valence-electron chi connectivity index (χ4n) is 10.8. The summed E-state index contributed by atoms with van der Waals surface area (Å²) in [7, 11) is 5.20. The van der Waals surface area contributed by atoms with Gasteiger partial charge in [-0.15, -0.1) is 0 Å². The van der Waals surface area contributed by atoms with E-state index >= 15 is 4.79 Å². The number of thiophene rings is 2. The first-order chi connectivity index (χ1) is 34.9. The number of carbonyl (C=O) groups excluding carboxylic acids is 2. The smallest absolute Gasteiger partial charge is 0.275 e. The Morgan fingerprint density at radius 3 is 1.86 bits per heavy atom. The second-order valence-corrected chi connectivity index (χ2v) is 21.2. The van der Waals surface area contributed by atoms with E-state index in [1.54, 1.807) is 41.6 Å². The monoisotopic (exact) mass is 1010 g/mol. The molecule has 2 amide bonds. The predicted octanol–water partition coefficient (Wildman–Crippen LogP) is 7.90. The van der Waals surface area contributed by atoms with Gasteiger partial charge in [0.15, 0.2) is 11.4 Å². The SMILES string of the molecule is COc1cc2c(cc1-c1ccn(CCC3(C)CNCCN3C(=O)c3nn(-c4ccsc4)c4c3COc3cc(OC)c(-c5ccn(C)n5)cc3-4)c1)-c1c(c(C(=O)N3CCNCC3(C)C)nn1-c1ccsc1)CO2. The molecule has 0 bridgehead atoms. The summed E-state index contributed by atoms with van der Waals surface area (Å²) in [5.41, 5.74) is 9.82. The van der Waals surface area contributed by atoms with Crippen LogP contribution in [0, 0.1) is 0 Å². The number of amides is 2. The van der Waals surface area contributed by atoms with Crippen molar-refractivity contribution in [2.75, 3.05) is 53.5 Å². The predicted molar refractivity (Wildman–Crippen MR) is 276 cm³/mol. The molecule has 19 heteroatoms. The number of rotatable bonds is 11. The molecule has 2 N–H and O–H groups in total. The third-order valence-electron chi connectivity index (χ3n) is 14.7. The van der Waals surface area contributed by atoms with Gasteiger partial charge >= 0.3 is 0 Å². The van der Waals surface area contributed by atoms with Gasteiger partial charge in [0.2, 0.25) is 0 Å². The summed E-state index contributed by atoms with van der Waals surface area (Å²) in [6.07, 6.45) is 6.77. The molecule has 4 aliphatic rings. The average molecular weight is 1010 g/mol. The molecular weight excluding hydrogens is 951 g/mol. The summed E-state index contributed by atoms with van der Waals surface area (Å²) in [5.74, 6) is 2.39. The maximum Gasteiger partial charge on any atom is 0.275 e. The van der Waals surface area contributed by atoms with Crippen LogP contribution in [0.4, 0.5) is 0 Å². The van der Waals surface area contributed by atoms with Gasteiger partial charge in [-0.05, 0) is 74.4 Å². The summed E-state index contributed by atoms with van der Waals surface area (Å²) in [5, 5.41) is 30.0. The van der Waals surface area contributed by atoms with Crippen molar-refractivity contribution in [1.29, 1.82) is 0 Å². The van der Waals surface area contributed by atoms with E-state index in [2.05, 4.69) is 65.6 Å². The van der Waals surface area contributed by atoms with Gasteiger partial charge in [-0.3, -0.25) is 14.3 Å². The van der Waals surface area contributed by atoms with Gasteiger partial charge in [-0.2, -0.15) is 38.0 Å². The molecule has 370 valence electrons. The lowest BCUT2D eigenvalue weighted by molar-refractivity contribution is 0.0377. The van der Waals surface area contributed by atoms with Gasteiger partial charge in [0.25, 0.3) is 11.8 Å². The molecule has 2 aromatic carbocycles. The molecule has 0 aliphatic carbocycles. The fraction of sp³-hybridized carbons (Fsp3) is 0.340. The normalized spacial score (nSPS) is 17.9. The maximum absolute atomic E-state index is 15.2. The standard InChI is InChI=1S/C53H55N11O6S2/c1-52(2)30-54-12-17-61(52)50(65)46-39-26-69-44-23-42(67-5)35(21-37(44)48(39)63(57-46)33-9-19-71-28-33)32-7-15-60(25-32)16-11-53(3)31-55-13-18-62(53)51(66)47-40-27-70-45-24-43(68-6)36(41-8-14-59(4)56-41)22-38(45)49(40)64(58-47)34-10-20-72-29-34/h7-10,14-15,19-25,28-29,54-55H,11-13,16-18,26-27,30-31H2,1-6H3. The number of hydrogen-bond acceptors (Lipinski definition) is 13. The summed E-state index contributed by atoms with van der Waals surface area (Å²) < 4.78 is 32.5. The molecule has 10 heterocycles. The highest BCUT2D eigenvalue weighted by atomic mass is 32.1. The van der Waals surface area contributed by atoms with Crippen molar-refractivity contribution in [3.05, 3.63) is 111 Å². The van der Waals surface area contributed by atoms with Gasteiger partial charge in [0.05, 0.1) is 53.8 Å². The van der Waals surface area contributed by atoms with Gasteiger partial charge in [0, 0.05) is 133 Å². The van der Waals surface area contributed by atoms with Crippen molar-refractivity contribution in [1.82, 2.24) is 54.3 Å². The minimum Gasteiger partial charge on any atom is -0.496 e. The van der Waals surface area contributed by atoms with Crippen molar-refractivity contribution in [2.24, 2.45) is 7.05 Å². The van der Waals surface area contributed by atoms with Gasteiger partial charge in [0.1, 0.15) is 36.2 Å². The number of nitrogens with one attached hydrogen (secondary N) is 2. The highest BCUT2D eigenvalue weighted by Crippen LogP contribution is 2.48. The maximum atomic E-state index is 15.2. The van der Waals surface area contributed by atoms with Crippen LogP contribution in [0.25, 0.3) is 56.3 Å². The van der Waals surface area contributed by atoms with Crippen LogP contribution >= 0.6 is 22.7 Å². The van der Waals surface area contributed by atoms with Crippen LogP contribution in [0.3, 0.4) is 0 Å². The number of piperazine rings is 2. The first kappa shape index (κ1) is 45.9. The van der Waals surface area contributed by atoms with E-state index in [4.69, 9.17) is 29.1 Å². The molecule has 4 aliphatic heterocycles. The molecule has 8 aromatic rings. The Bertz CT molecular complexity index is 3380. The molecule has 2 saturated heterocycles. The Balaban J connectivity index is 0.848. The van der Waals surface area contributed by atoms with Crippen molar-refractivity contribution in [3.8, 4) is 79.3 Å². The third-order valence-corrected chi connectivity index (χ3v) is 16.0. The van der Waals surface area contributed by atoms with Crippen LogP contribution in [0.1, 0.15) is 59.3 Å². The zero-order valence-electron chi connectivity index (χ0n) is 41.0. The molecule has 0 saturated carbocycles. The van der Waals surface area contributed by atoms with E-state index in [1.807, 2.05) is 90.3 Å². The van der Waals surface area contributed by atoms with E-state index in [0.717, 1.165) is 73.9 Å². The molecule has 0 radical (unpaired) electrons. The fourth-order valence-corrected chi connectivity index (χ4v) is 12.0. The Morgan fingerprint density at radius 2 is 1.29 bits per heavy atom. The lowest BCUT2D eigenvalue weighted by Gasteiger charge is -2.45. The number of hydrogen-bond donors (Lipinski definition) is 2. The number of benzene rings is 2. The van der Waals surface area contributed by atoms with E-state index in [1.165, 1.54) is 0 Å². The van der Waals surface area contributed by atoms with Crippen molar-refractivity contribution in [2.45, 2.75) is 58.0 Å². The Kier molecular flexibility index (Phi) is 11.4. The molecule has 1 unspecified atom stereocenters. The zero-order chi connectivity index (χ0) is 49.5. The number of nitrogens with zero attached hydrogens (tertiary/aromatic N) is 9. The highest BCUT2D eigenvalue weighted by molar-refractivity contribution is 7.08. The molecule has 72 heavy (non-hydrogen) atoms. The topological polar surface area (TPSA) is 160 Å². The lowest BCUT2D eigenvalue weighted by Crippen LogP contribution is -2.62. The van der Waals surface area contributed by atoms with E-state index in [0.29, 0.717) is 80.1 Å². The zero-order valence-corrected chi connectivity index (χ0v) is 42.7.